The van der Waals surface area contributed by atoms with E-state index in [1.807, 2.05) is 31.2 Å². The zero-order valence-corrected chi connectivity index (χ0v) is 12.2. The van der Waals surface area contributed by atoms with Crippen molar-refractivity contribution in [3.63, 3.8) is 0 Å². The van der Waals surface area contributed by atoms with Crippen LogP contribution in [0.5, 0.6) is 0 Å². The molecule has 4 nitrogen and oxygen atoms in total. The third-order valence-corrected chi connectivity index (χ3v) is 3.87. The molecule has 2 rings (SSSR count). The summed E-state index contributed by atoms with van der Waals surface area (Å²) in [5.41, 5.74) is 1.86. The lowest BCUT2D eigenvalue weighted by molar-refractivity contribution is -0.645. The van der Waals surface area contributed by atoms with Crippen LogP contribution in [-0.4, -0.2) is 11.2 Å². The molecular weight excluding hydrogens is 272 g/mol. The van der Waals surface area contributed by atoms with Gasteiger partial charge in [0.15, 0.2) is 6.20 Å². The third kappa shape index (κ3) is 3.74. The Morgan fingerprint density at radius 2 is 2.10 bits per heavy atom. The van der Waals surface area contributed by atoms with Gasteiger partial charge in [0, 0.05) is 17.8 Å². The van der Waals surface area contributed by atoms with Crippen LogP contribution < -0.4 is 10.0 Å². The number of hydrogen-bond acceptors (Lipinski definition) is 3. The second kappa shape index (κ2) is 6.43. The first-order valence-corrected chi connectivity index (χ1v) is 7.16. The molecule has 1 amide bonds. The van der Waals surface area contributed by atoms with Gasteiger partial charge in [0.1, 0.15) is 0 Å². The van der Waals surface area contributed by atoms with E-state index in [0.717, 1.165) is 16.0 Å². The summed E-state index contributed by atoms with van der Waals surface area (Å²) in [6, 6.07) is 12.8. The second-order valence-corrected chi connectivity index (χ2v) is 5.84. The van der Waals surface area contributed by atoms with Crippen LogP contribution in [0.4, 0.5) is 5.69 Å². The molecule has 0 bridgehead atoms. The summed E-state index contributed by atoms with van der Waals surface area (Å²) < 4.78 is 0.765. The molecule has 1 N–H and O–H groups in total. The van der Waals surface area contributed by atoms with Gasteiger partial charge in [-0.3, -0.25) is 4.79 Å². The summed E-state index contributed by atoms with van der Waals surface area (Å²) in [4.78, 5) is 12.1. The van der Waals surface area contributed by atoms with Crippen molar-refractivity contribution in [2.75, 3.05) is 5.32 Å². The van der Waals surface area contributed by atoms with Gasteiger partial charge in [0.05, 0.1) is 5.25 Å². The summed E-state index contributed by atoms with van der Waals surface area (Å²) >= 11 is 1.24. The number of anilines is 1. The van der Waals surface area contributed by atoms with Crippen molar-refractivity contribution in [2.45, 2.75) is 24.1 Å². The highest BCUT2D eigenvalue weighted by molar-refractivity contribution is 8.00. The number of thioether (sulfide) groups is 1. The van der Waals surface area contributed by atoms with Crippen molar-refractivity contribution in [3.8, 4) is 0 Å². The van der Waals surface area contributed by atoms with Crippen LogP contribution in [0.25, 0.3) is 0 Å². The van der Waals surface area contributed by atoms with E-state index in [4.69, 9.17) is 0 Å². The number of carbonyl (C=O) groups excluding carboxylic acids is 1. The Kier molecular flexibility index (Phi) is 4.63. The van der Waals surface area contributed by atoms with Crippen molar-refractivity contribution in [1.82, 2.24) is 0 Å². The summed E-state index contributed by atoms with van der Waals surface area (Å²) in [5, 5.41) is 14.6. The number of benzene rings is 1. The normalized spacial score (nSPS) is 11.9. The smallest absolute Gasteiger partial charge is 0.252 e. The van der Waals surface area contributed by atoms with Crippen LogP contribution in [0.1, 0.15) is 12.5 Å². The van der Waals surface area contributed by atoms with Gasteiger partial charge >= 0.3 is 0 Å². The van der Waals surface area contributed by atoms with Crippen molar-refractivity contribution < 1.29 is 9.52 Å². The predicted molar refractivity (Wildman–Crippen MR) is 80.5 cm³/mol. The van der Waals surface area contributed by atoms with Crippen LogP contribution in [-0.2, 0) is 4.79 Å². The van der Waals surface area contributed by atoms with Gasteiger partial charge in [-0.15, -0.1) is 0 Å². The summed E-state index contributed by atoms with van der Waals surface area (Å²) in [6.45, 7) is 3.75. The van der Waals surface area contributed by atoms with E-state index < -0.39 is 0 Å². The number of nitrogens with one attached hydrogen (secondary N) is 1. The molecule has 1 heterocycles. The molecular formula is C15H16N2O2S. The number of nitrogens with zero attached hydrogens (tertiary/aromatic N) is 1. The average molecular weight is 288 g/mol. The Bertz CT molecular complexity index is 616. The highest BCUT2D eigenvalue weighted by Crippen LogP contribution is 2.21. The molecule has 0 radical (unpaired) electrons. The first-order valence-electron chi connectivity index (χ1n) is 6.28. The topological polar surface area (TPSA) is 56.0 Å². The third-order valence-electron chi connectivity index (χ3n) is 2.74. The van der Waals surface area contributed by atoms with Crippen molar-refractivity contribution in [1.29, 1.82) is 0 Å². The second-order valence-electron chi connectivity index (χ2n) is 4.48. The van der Waals surface area contributed by atoms with E-state index in [1.54, 1.807) is 25.1 Å². The number of amides is 1. The summed E-state index contributed by atoms with van der Waals surface area (Å²) in [6.07, 6.45) is 1.42. The first-order chi connectivity index (χ1) is 9.56. The minimum Gasteiger partial charge on any atom is -0.618 e. The Morgan fingerprint density at radius 3 is 2.80 bits per heavy atom. The number of pyridine rings is 1. The molecule has 0 saturated heterocycles. The maximum atomic E-state index is 12.1. The van der Waals surface area contributed by atoms with E-state index in [9.17, 15) is 10.0 Å². The van der Waals surface area contributed by atoms with Crippen molar-refractivity contribution in [3.05, 3.63) is 59.4 Å². The minimum absolute atomic E-state index is 0.121. The molecule has 104 valence electrons. The molecule has 0 aliphatic carbocycles. The summed E-state index contributed by atoms with van der Waals surface area (Å²) in [5.74, 6) is -0.121. The van der Waals surface area contributed by atoms with E-state index in [1.165, 1.54) is 18.0 Å². The molecule has 2 aromatic rings. The predicted octanol–water partition coefficient (Wildman–Crippen LogP) is 2.75. The van der Waals surface area contributed by atoms with Crippen LogP contribution in [0.15, 0.2) is 53.7 Å². The lowest BCUT2D eigenvalue weighted by Crippen LogP contribution is -2.30. The van der Waals surface area contributed by atoms with Crippen LogP contribution in [0.2, 0.25) is 0 Å². The van der Waals surface area contributed by atoms with E-state index in [2.05, 4.69) is 5.32 Å². The Hall–Kier alpha value is -2.01. The van der Waals surface area contributed by atoms with Gasteiger partial charge in [-0.1, -0.05) is 12.1 Å². The van der Waals surface area contributed by atoms with Gasteiger partial charge in [0.2, 0.25) is 5.91 Å². The van der Waals surface area contributed by atoms with Crippen LogP contribution >= 0.6 is 11.8 Å². The maximum absolute atomic E-state index is 12.1. The van der Waals surface area contributed by atoms with Gasteiger partial charge in [-0.2, -0.15) is 4.73 Å². The van der Waals surface area contributed by atoms with Gasteiger partial charge in [0.25, 0.3) is 5.03 Å². The fourth-order valence-corrected chi connectivity index (χ4v) is 2.56. The van der Waals surface area contributed by atoms with E-state index >= 15 is 0 Å². The number of carbonyl (C=O) groups is 1. The lowest BCUT2D eigenvalue weighted by Gasteiger charge is -2.11. The molecule has 1 atom stereocenters. The number of aryl methyl sites for hydroxylation is 1. The number of hydrogen-bond donors (Lipinski definition) is 1. The van der Waals surface area contributed by atoms with E-state index in [-0.39, 0.29) is 11.2 Å². The minimum atomic E-state index is -0.349. The van der Waals surface area contributed by atoms with Gasteiger partial charge < -0.3 is 10.5 Å². The molecule has 1 aromatic carbocycles. The Balaban J connectivity index is 2.01. The fraction of sp³-hybridized carbons (Fsp3) is 0.200. The molecule has 5 heteroatoms. The van der Waals surface area contributed by atoms with Gasteiger partial charge in [-0.25, -0.2) is 0 Å². The molecule has 1 aromatic heterocycles. The Morgan fingerprint density at radius 1 is 1.30 bits per heavy atom. The fourth-order valence-electron chi connectivity index (χ4n) is 1.71. The summed E-state index contributed by atoms with van der Waals surface area (Å²) in [7, 11) is 0. The average Bonchev–Trinajstić information content (AvgIpc) is 2.41. The highest BCUT2D eigenvalue weighted by Gasteiger charge is 2.18. The van der Waals surface area contributed by atoms with Crippen LogP contribution in [0.3, 0.4) is 0 Å². The molecule has 0 spiro atoms. The molecule has 0 unspecified atom stereocenters. The van der Waals surface area contributed by atoms with Crippen molar-refractivity contribution in [2.24, 2.45) is 0 Å². The zero-order valence-electron chi connectivity index (χ0n) is 11.4. The molecule has 0 saturated carbocycles. The lowest BCUT2D eigenvalue weighted by atomic mass is 10.2. The zero-order chi connectivity index (χ0) is 14.5. The van der Waals surface area contributed by atoms with E-state index in [0.29, 0.717) is 5.03 Å². The number of aromatic nitrogens is 1. The first kappa shape index (κ1) is 14.4. The van der Waals surface area contributed by atoms with Crippen molar-refractivity contribution >= 4 is 23.4 Å². The molecule has 0 fully saturated rings. The molecule has 0 aliphatic rings. The molecule has 0 aliphatic heterocycles. The number of rotatable bonds is 4. The molecule has 20 heavy (non-hydrogen) atoms. The van der Waals surface area contributed by atoms with Gasteiger partial charge in [-0.05, 0) is 49.4 Å². The Labute approximate surface area is 122 Å². The SMILES string of the molecule is Cc1cccc(NC(=O)[C@@H](C)Sc2cccc[n+]2[O-])c1. The quantitative estimate of drug-likeness (QED) is 0.534. The maximum Gasteiger partial charge on any atom is 0.252 e. The largest absolute Gasteiger partial charge is 0.618 e. The monoisotopic (exact) mass is 288 g/mol. The highest BCUT2D eigenvalue weighted by atomic mass is 32.2. The standard InChI is InChI=1S/C15H16N2O2S/c1-11-6-5-7-13(10-11)16-15(18)12(2)20-14-8-3-4-9-17(14)19/h3-10,12H,1-2H3,(H,16,18)/t12-/m1/s1. The van der Waals surface area contributed by atoms with Crippen LogP contribution in [0, 0.1) is 12.1 Å².